The minimum Gasteiger partial charge on any atom is -0.454 e. The highest BCUT2D eigenvalue weighted by Crippen LogP contribution is 2.37. The fourth-order valence-corrected chi connectivity index (χ4v) is 7.16. The number of benzene rings is 1. The highest BCUT2D eigenvalue weighted by molar-refractivity contribution is 7.89. The van der Waals surface area contributed by atoms with Gasteiger partial charge in [-0.25, -0.2) is 23.2 Å². The monoisotopic (exact) mass is 472 g/mol. The zero-order valence-corrected chi connectivity index (χ0v) is 19.2. The molecule has 168 valence electrons. The lowest BCUT2D eigenvalue weighted by Crippen LogP contribution is -2.27. The maximum atomic E-state index is 12.6. The molecule has 1 fully saturated rings. The molecule has 0 spiro atoms. The molecule has 1 aliphatic carbocycles. The quantitative estimate of drug-likeness (QED) is 0.567. The van der Waals surface area contributed by atoms with Crippen molar-refractivity contribution in [2.24, 2.45) is 0 Å². The zero-order chi connectivity index (χ0) is 22.3. The largest absolute Gasteiger partial charge is 0.454 e. The highest BCUT2D eigenvalue weighted by Gasteiger charge is 2.27. The third kappa shape index (κ3) is 3.87. The summed E-state index contributed by atoms with van der Waals surface area (Å²) in [6.07, 6.45) is 6.11. The molecule has 10 heteroatoms. The number of anilines is 1. The fourth-order valence-electron chi connectivity index (χ4n) is 4.35. The molecular weight excluding hydrogens is 448 g/mol. The number of thiophene rings is 1. The van der Waals surface area contributed by atoms with Gasteiger partial charge >= 0.3 is 5.97 Å². The molecule has 8 nitrogen and oxygen atoms in total. The summed E-state index contributed by atoms with van der Waals surface area (Å²) in [5, 5.41) is 0.939. The first-order valence-corrected chi connectivity index (χ1v) is 13.0. The van der Waals surface area contributed by atoms with Gasteiger partial charge in [0.15, 0.2) is 12.4 Å². The van der Waals surface area contributed by atoms with Gasteiger partial charge in [0.2, 0.25) is 10.0 Å². The van der Waals surface area contributed by atoms with E-state index in [1.54, 1.807) is 11.3 Å². The second-order valence-electron chi connectivity index (χ2n) is 8.13. The number of rotatable bonds is 5. The maximum absolute atomic E-state index is 12.6. The van der Waals surface area contributed by atoms with Crippen LogP contribution in [0.25, 0.3) is 10.2 Å². The third-order valence-electron chi connectivity index (χ3n) is 6.01. The zero-order valence-electron chi connectivity index (χ0n) is 17.5. The number of nitrogens with zero attached hydrogens (tertiary/aromatic N) is 3. The summed E-state index contributed by atoms with van der Waals surface area (Å²) in [4.78, 5) is 23.7. The van der Waals surface area contributed by atoms with Gasteiger partial charge < -0.3 is 10.5 Å². The van der Waals surface area contributed by atoms with Gasteiger partial charge in [-0.1, -0.05) is 0 Å². The Morgan fingerprint density at radius 3 is 2.53 bits per heavy atom. The van der Waals surface area contributed by atoms with Crippen LogP contribution in [0.4, 0.5) is 5.82 Å². The molecule has 2 N–H and O–H groups in total. The van der Waals surface area contributed by atoms with Crippen molar-refractivity contribution < 1.29 is 17.9 Å². The van der Waals surface area contributed by atoms with Crippen molar-refractivity contribution in [3.05, 3.63) is 46.1 Å². The van der Waals surface area contributed by atoms with E-state index < -0.39 is 16.0 Å². The van der Waals surface area contributed by atoms with E-state index in [4.69, 9.17) is 10.5 Å². The van der Waals surface area contributed by atoms with Crippen molar-refractivity contribution in [3.8, 4) is 0 Å². The Morgan fingerprint density at radius 1 is 1.06 bits per heavy atom. The first-order valence-electron chi connectivity index (χ1n) is 10.8. The minimum atomic E-state index is -3.52. The molecule has 2 aliphatic rings. The number of carbonyl (C=O) groups excluding carboxylic acids is 1. The van der Waals surface area contributed by atoms with Crippen LogP contribution in [0.3, 0.4) is 0 Å². The van der Waals surface area contributed by atoms with E-state index in [0.29, 0.717) is 24.7 Å². The number of hydrogen-bond acceptors (Lipinski definition) is 8. The van der Waals surface area contributed by atoms with Crippen molar-refractivity contribution in [2.45, 2.75) is 50.0 Å². The predicted octanol–water partition coefficient (Wildman–Crippen LogP) is 3.29. The summed E-state index contributed by atoms with van der Waals surface area (Å²) in [5.41, 5.74) is 7.74. The number of fused-ring (bicyclic) bond motifs is 3. The van der Waals surface area contributed by atoms with Gasteiger partial charge in [-0.2, -0.15) is 4.31 Å². The van der Waals surface area contributed by atoms with Gasteiger partial charge in [-0.05, 0) is 68.4 Å². The SMILES string of the molecule is Nc1nc(COC(=O)c2ccc(S(=O)(=O)N3CCCC3)cc2)nc2sc3c(c12)CCCC3. The van der Waals surface area contributed by atoms with Crippen LogP contribution < -0.4 is 5.73 Å². The van der Waals surface area contributed by atoms with Crippen molar-refractivity contribution >= 4 is 43.4 Å². The van der Waals surface area contributed by atoms with Gasteiger partial charge in [0, 0.05) is 18.0 Å². The average molecular weight is 473 g/mol. The molecule has 5 rings (SSSR count). The van der Waals surface area contributed by atoms with Gasteiger partial charge in [0.25, 0.3) is 0 Å². The molecule has 1 saturated heterocycles. The van der Waals surface area contributed by atoms with Crippen molar-refractivity contribution in [1.29, 1.82) is 0 Å². The molecular formula is C22H24N4O4S2. The maximum Gasteiger partial charge on any atom is 0.338 e. The number of nitrogens with two attached hydrogens (primary N) is 1. The Morgan fingerprint density at radius 2 is 1.78 bits per heavy atom. The first kappa shape index (κ1) is 21.3. The molecule has 0 amide bonds. The second-order valence-corrected chi connectivity index (χ2v) is 11.1. The number of esters is 1. The van der Waals surface area contributed by atoms with Crippen LogP contribution >= 0.6 is 11.3 Å². The molecule has 32 heavy (non-hydrogen) atoms. The molecule has 0 atom stereocenters. The Labute approximate surface area is 190 Å². The van der Waals surface area contributed by atoms with Crippen LogP contribution in [0, 0.1) is 0 Å². The van der Waals surface area contributed by atoms with E-state index in [9.17, 15) is 13.2 Å². The number of ether oxygens (including phenoxy) is 1. The molecule has 1 aromatic carbocycles. The van der Waals surface area contributed by atoms with Gasteiger partial charge in [0.05, 0.1) is 15.8 Å². The molecule has 2 aromatic heterocycles. The second kappa shape index (κ2) is 8.42. The smallest absolute Gasteiger partial charge is 0.338 e. The van der Waals surface area contributed by atoms with E-state index in [1.165, 1.54) is 45.4 Å². The number of hydrogen-bond donors (Lipinski definition) is 1. The number of carbonyl (C=O) groups is 1. The Kier molecular flexibility index (Phi) is 5.60. The summed E-state index contributed by atoms with van der Waals surface area (Å²) < 4.78 is 32.1. The predicted molar refractivity (Wildman–Crippen MR) is 122 cm³/mol. The van der Waals surface area contributed by atoms with Crippen LogP contribution in [-0.4, -0.2) is 41.7 Å². The average Bonchev–Trinajstić information content (AvgIpc) is 3.46. The summed E-state index contributed by atoms with van der Waals surface area (Å²) >= 11 is 1.64. The third-order valence-corrected chi connectivity index (χ3v) is 9.11. The normalized spacial score (nSPS) is 16.9. The topological polar surface area (TPSA) is 115 Å². The molecule has 0 saturated carbocycles. The first-order chi connectivity index (χ1) is 15.4. The van der Waals surface area contributed by atoms with Crippen molar-refractivity contribution in [2.75, 3.05) is 18.8 Å². The number of aromatic nitrogens is 2. The molecule has 0 unspecified atom stereocenters. The summed E-state index contributed by atoms with van der Waals surface area (Å²) in [6, 6.07) is 5.83. The van der Waals surface area contributed by atoms with Crippen molar-refractivity contribution in [3.63, 3.8) is 0 Å². The molecule has 3 heterocycles. The summed E-state index contributed by atoms with van der Waals surface area (Å²) in [6.45, 7) is 0.967. The minimum absolute atomic E-state index is 0.102. The Bertz CT molecular complexity index is 1280. The van der Waals surface area contributed by atoms with Crippen LogP contribution in [0.5, 0.6) is 0 Å². The van der Waals surface area contributed by atoms with Gasteiger partial charge in [0.1, 0.15) is 10.6 Å². The van der Waals surface area contributed by atoms with E-state index in [-0.39, 0.29) is 17.1 Å². The van der Waals surface area contributed by atoms with Crippen LogP contribution in [-0.2, 0) is 34.2 Å². The van der Waals surface area contributed by atoms with E-state index in [1.807, 2.05) is 0 Å². The van der Waals surface area contributed by atoms with Crippen LogP contribution in [0.2, 0.25) is 0 Å². The van der Waals surface area contributed by atoms with Crippen LogP contribution in [0.15, 0.2) is 29.2 Å². The lowest BCUT2D eigenvalue weighted by Gasteiger charge is -2.15. The Hall–Kier alpha value is -2.56. The van der Waals surface area contributed by atoms with E-state index in [0.717, 1.165) is 42.3 Å². The molecule has 0 bridgehead atoms. The van der Waals surface area contributed by atoms with Gasteiger partial charge in [-0.3, -0.25) is 0 Å². The van der Waals surface area contributed by atoms with Gasteiger partial charge in [-0.15, -0.1) is 11.3 Å². The highest BCUT2D eigenvalue weighted by atomic mass is 32.2. The molecule has 3 aromatic rings. The number of sulfonamides is 1. The summed E-state index contributed by atoms with van der Waals surface area (Å²) in [5.74, 6) is 0.218. The summed E-state index contributed by atoms with van der Waals surface area (Å²) in [7, 11) is -3.52. The van der Waals surface area contributed by atoms with E-state index in [2.05, 4.69) is 9.97 Å². The standard InChI is InChI=1S/C22H24N4O4S2/c23-20-19-16-5-1-2-6-17(16)31-21(19)25-18(24-20)13-30-22(27)14-7-9-15(10-8-14)32(28,29)26-11-3-4-12-26/h7-10H,1-6,11-13H2,(H2,23,24,25). The lowest BCUT2D eigenvalue weighted by molar-refractivity contribution is 0.0462. The molecule has 1 aliphatic heterocycles. The van der Waals surface area contributed by atoms with Crippen LogP contribution in [0.1, 0.15) is 52.3 Å². The number of aryl methyl sites for hydroxylation is 2. The number of nitrogen functional groups attached to an aromatic ring is 1. The fraction of sp³-hybridized carbons (Fsp3) is 0.409. The molecule has 0 radical (unpaired) electrons. The lowest BCUT2D eigenvalue weighted by atomic mass is 9.97. The van der Waals surface area contributed by atoms with Crippen molar-refractivity contribution in [1.82, 2.24) is 14.3 Å². The Balaban J connectivity index is 1.29. The van der Waals surface area contributed by atoms with E-state index >= 15 is 0 Å².